The van der Waals surface area contributed by atoms with Gasteiger partial charge in [0.25, 0.3) is 0 Å². The molecule has 33 valence electrons. The number of rotatable bonds is 2. The summed E-state index contributed by atoms with van der Waals surface area (Å²) in [5.41, 5.74) is 0. The zero-order valence-electron chi connectivity index (χ0n) is 3.45. The van der Waals surface area contributed by atoms with Crippen LogP contribution in [-0.4, -0.2) is 6.67 Å². The summed E-state index contributed by atoms with van der Waals surface area (Å²) in [6.45, 7) is -0.343. The highest BCUT2D eigenvalue weighted by Crippen LogP contribution is 1.81. The molecule has 0 aromatic rings. The highest BCUT2D eigenvalue weighted by Gasteiger charge is 1.75. The molecule has 0 amide bonds. The van der Waals surface area contributed by atoms with Gasteiger partial charge in [0.2, 0.25) is 0 Å². The van der Waals surface area contributed by atoms with Gasteiger partial charge in [0, 0.05) is 6.42 Å². The van der Waals surface area contributed by atoms with E-state index in [0.29, 0.717) is 6.42 Å². The fourth-order valence-corrected chi connectivity index (χ4v) is 0.138. The fourth-order valence-electron chi connectivity index (χ4n) is 0.138. The molecule has 0 bridgehead atoms. The van der Waals surface area contributed by atoms with Crippen molar-refractivity contribution >= 4 is 0 Å². The maximum Gasteiger partial charge on any atom is 0.0906 e. The number of halogens is 1. The van der Waals surface area contributed by atoms with Gasteiger partial charge in [0.05, 0.1) is 6.67 Å². The molecule has 0 N–H and O–H groups in total. The van der Waals surface area contributed by atoms with E-state index in [-0.39, 0.29) is 6.67 Å². The van der Waals surface area contributed by atoms with Crippen molar-refractivity contribution in [2.24, 2.45) is 0 Å². The molecule has 0 spiro atoms. The molecule has 0 saturated carbocycles. The zero-order chi connectivity index (χ0) is 4.83. The van der Waals surface area contributed by atoms with Crippen LogP contribution in [0.25, 0.3) is 0 Å². The molecule has 0 saturated heterocycles. The van der Waals surface area contributed by atoms with Crippen LogP contribution in [0.1, 0.15) is 6.42 Å². The van der Waals surface area contributed by atoms with Gasteiger partial charge < -0.3 is 0 Å². The Labute approximate surface area is 37.4 Å². The van der Waals surface area contributed by atoms with Crippen molar-refractivity contribution in [2.75, 3.05) is 6.67 Å². The number of unbranched alkanes of at least 4 members (excludes halogenated alkanes) is 1. The Hall–Kier alpha value is -0.510. The van der Waals surface area contributed by atoms with Crippen LogP contribution in [0.5, 0.6) is 0 Å². The second-order valence-electron chi connectivity index (χ2n) is 0.848. The van der Waals surface area contributed by atoms with E-state index in [2.05, 4.69) is 5.92 Å². The molecule has 0 atom stereocenters. The number of terminal acetylenes is 1. The van der Waals surface area contributed by atoms with Crippen molar-refractivity contribution in [3.8, 4) is 12.3 Å². The van der Waals surface area contributed by atoms with Crippen LogP contribution < -0.4 is 0 Å². The Kier molecular flexibility index (Phi) is 4.11. The minimum Gasteiger partial charge on any atom is -0.251 e. The van der Waals surface area contributed by atoms with Crippen LogP contribution in [-0.2, 0) is 0 Å². The predicted molar refractivity (Wildman–Crippen MR) is 23.7 cm³/mol. The molecule has 0 aliphatic heterocycles. The first kappa shape index (κ1) is 5.49. The highest BCUT2D eigenvalue weighted by atomic mass is 19.1. The minimum absolute atomic E-state index is 0.343. The summed E-state index contributed by atoms with van der Waals surface area (Å²) in [5.74, 6) is 2.20. The lowest BCUT2D eigenvalue weighted by molar-refractivity contribution is 0.496. The molecule has 0 aliphatic carbocycles. The topological polar surface area (TPSA) is 0 Å². The van der Waals surface area contributed by atoms with Crippen molar-refractivity contribution in [3.05, 3.63) is 6.42 Å². The third-order valence-electron chi connectivity index (χ3n) is 0.371. The molecule has 0 aromatic heterocycles. The van der Waals surface area contributed by atoms with E-state index in [0.717, 1.165) is 0 Å². The number of alkyl halides is 1. The normalized spacial score (nSPS) is 7.33. The largest absolute Gasteiger partial charge is 0.251 e. The van der Waals surface area contributed by atoms with Crippen LogP contribution >= 0.6 is 0 Å². The van der Waals surface area contributed by atoms with E-state index in [1.807, 2.05) is 0 Å². The van der Waals surface area contributed by atoms with Crippen LogP contribution in [0.15, 0.2) is 0 Å². The van der Waals surface area contributed by atoms with E-state index in [4.69, 9.17) is 6.42 Å². The van der Waals surface area contributed by atoms with Gasteiger partial charge >= 0.3 is 0 Å². The summed E-state index contributed by atoms with van der Waals surface area (Å²) in [6.07, 6.45) is 6.59. The molecule has 1 radical (unpaired) electrons. The van der Waals surface area contributed by atoms with Crippen molar-refractivity contribution in [2.45, 2.75) is 6.42 Å². The van der Waals surface area contributed by atoms with E-state index in [9.17, 15) is 4.39 Å². The molecule has 0 aliphatic rings. The molecule has 1 heteroatoms. The summed E-state index contributed by atoms with van der Waals surface area (Å²) in [6, 6.07) is 0. The lowest BCUT2D eigenvalue weighted by Gasteiger charge is -1.76. The van der Waals surface area contributed by atoms with Gasteiger partial charge in [-0.25, -0.2) is 0 Å². The molecule has 0 unspecified atom stereocenters. The minimum atomic E-state index is -0.343. The van der Waals surface area contributed by atoms with Crippen LogP contribution in [0.4, 0.5) is 4.39 Å². The van der Waals surface area contributed by atoms with Crippen LogP contribution in [0.3, 0.4) is 0 Å². The lowest BCUT2D eigenvalue weighted by Crippen LogP contribution is -1.71. The van der Waals surface area contributed by atoms with Gasteiger partial charge in [0.15, 0.2) is 0 Å². The second kappa shape index (κ2) is 4.49. The summed E-state index contributed by atoms with van der Waals surface area (Å²) in [7, 11) is 0. The van der Waals surface area contributed by atoms with Gasteiger partial charge in [-0.3, -0.25) is 4.39 Å². The van der Waals surface area contributed by atoms with Crippen molar-refractivity contribution in [1.29, 1.82) is 0 Å². The average molecular weight is 85.1 g/mol. The van der Waals surface area contributed by atoms with E-state index in [1.54, 1.807) is 0 Å². The van der Waals surface area contributed by atoms with E-state index < -0.39 is 0 Å². The Morgan fingerprint density at radius 2 is 2.50 bits per heavy atom. The summed E-state index contributed by atoms with van der Waals surface area (Å²) < 4.78 is 11.1. The number of hydrogen-bond donors (Lipinski definition) is 0. The zero-order valence-corrected chi connectivity index (χ0v) is 3.45. The number of hydrogen-bond acceptors (Lipinski definition) is 0. The maximum absolute atomic E-state index is 11.1. The highest BCUT2D eigenvalue weighted by molar-refractivity contribution is 4.99. The Morgan fingerprint density at radius 1 is 1.83 bits per heavy atom. The molecule has 0 aromatic carbocycles. The first-order valence-electron chi connectivity index (χ1n) is 1.75. The van der Waals surface area contributed by atoms with Crippen LogP contribution in [0.2, 0.25) is 0 Å². The summed E-state index contributed by atoms with van der Waals surface area (Å²) in [5, 5.41) is 0. The first-order chi connectivity index (χ1) is 2.91. The summed E-state index contributed by atoms with van der Waals surface area (Å²) in [4.78, 5) is 0. The fraction of sp³-hybridized carbons (Fsp3) is 0.400. The Bertz CT molecular complexity index is 51.4. The molecule has 6 heavy (non-hydrogen) atoms. The van der Waals surface area contributed by atoms with Gasteiger partial charge in [0.1, 0.15) is 0 Å². The van der Waals surface area contributed by atoms with Crippen LogP contribution in [0, 0.1) is 18.8 Å². The van der Waals surface area contributed by atoms with Crippen molar-refractivity contribution in [1.82, 2.24) is 0 Å². The Morgan fingerprint density at radius 3 is 2.67 bits per heavy atom. The maximum atomic E-state index is 11.1. The SMILES string of the molecule is C#C[CH]CCF. The third kappa shape index (κ3) is 3.49. The van der Waals surface area contributed by atoms with Gasteiger partial charge in [-0.15, -0.1) is 12.3 Å². The predicted octanol–water partition coefficient (Wildman–Crippen LogP) is 1.18. The average Bonchev–Trinajstić information content (AvgIpc) is 1.61. The lowest BCUT2D eigenvalue weighted by atomic mass is 10.3. The Balaban J connectivity index is 2.54. The molecule has 0 fully saturated rings. The van der Waals surface area contributed by atoms with Crippen molar-refractivity contribution in [3.63, 3.8) is 0 Å². The first-order valence-corrected chi connectivity index (χ1v) is 1.75. The van der Waals surface area contributed by atoms with Gasteiger partial charge in [-0.2, -0.15) is 0 Å². The molecular formula is C5H6F. The van der Waals surface area contributed by atoms with Crippen molar-refractivity contribution < 1.29 is 4.39 Å². The van der Waals surface area contributed by atoms with Gasteiger partial charge in [-0.1, -0.05) is 0 Å². The van der Waals surface area contributed by atoms with E-state index in [1.165, 1.54) is 6.42 Å². The van der Waals surface area contributed by atoms with E-state index >= 15 is 0 Å². The second-order valence-corrected chi connectivity index (χ2v) is 0.848. The molecule has 0 rings (SSSR count). The molecule has 0 nitrogen and oxygen atoms in total. The summed E-state index contributed by atoms with van der Waals surface area (Å²) >= 11 is 0. The smallest absolute Gasteiger partial charge is 0.0906 e. The van der Waals surface area contributed by atoms with Gasteiger partial charge in [-0.05, 0) is 6.42 Å². The third-order valence-corrected chi connectivity index (χ3v) is 0.371. The molecule has 0 heterocycles. The molecular weight excluding hydrogens is 79.1 g/mol. The standard InChI is InChI=1S/C5H6F/c1-2-3-4-5-6/h1,3H,4-5H2. The monoisotopic (exact) mass is 85.0 g/mol. The quantitative estimate of drug-likeness (QED) is 0.349.